The summed E-state index contributed by atoms with van der Waals surface area (Å²) in [6, 6.07) is 17.9. The van der Waals surface area contributed by atoms with Gasteiger partial charge in [-0.25, -0.2) is 5.43 Å². The quantitative estimate of drug-likeness (QED) is 0.292. The van der Waals surface area contributed by atoms with Gasteiger partial charge in [0.15, 0.2) is 0 Å². The fourth-order valence-electron chi connectivity index (χ4n) is 2.87. The first kappa shape index (κ1) is 23.3. The maximum Gasteiger partial charge on any atom is 0.329 e. The molecule has 0 heterocycles. The Bertz CT molecular complexity index is 1120. The van der Waals surface area contributed by atoms with Crippen LogP contribution in [0.25, 0.3) is 0 Å². The number of aryl methyl sites for hydroxylation is 2. The van der Waals surface area contributed by atoms with E-state index in [-0.39, 0.29) is 6.61 Å². The SMILES string of the molecule is Cc1cccc(C)c1NC(=O)C(=O)N/N=C\c1ccc(OCc2c(Cl)cccc2Cl)cc1. The molecule has 3 aromatic carbocycles. The molecule has 0 atom stereocenters. The Hall–Kier alpha value is -3.35. The standard InChI is InChI=1S/C24H21Cl2N3O3/c1-15-5-3-6-16(2)22(15)28-23(30)24(31)29-27-13-17-9-11-18(12-10-17)32-14-19-20(25)7-4-8-21(19)26/h3-13H,14H2,1-2H3,(H,28,30)(H,29,31)/b27-13-. The molecule has 0 saturated carbocycles. The van der Waals surface area contributed by atoms with Gasteiger partial charge in [-0.05, 0) is 66.9 Å². The van der Waals surface area contributed by atoms with Gasteiger partial charge in [0.1, 0.15) is 12.4 Å². The maximum atomic E-state index is 12.1. The first-order valence-electron chi connectivity index (χ1n) is 9.71. The van der Waals surface area contributed by atoms with Crippen LogP contribution in [-0.4, -0.2) is 18.0 Å². The van der Waals surface area contributed by atoms with Gasteiger partial charge in [-0.1, -0.05) is 47.5 Å². The molecule has 164 valence electrons. The Kier molecular flexibility index (Phi) is 7.87. The van der Waals surface area contributed by atoms with Gasteiger partial charge in [0.2, 0.25) is 0 Å². The van der Waals surface area contributed by atoms with Gasteiger partial charge in [-0.2, -0.15) is 5.10 Å². The zero-order valence-electron chi connectivity index (χ0n) is 17.5. The molecule has 32 heavy (non-hydrogen) atoms. The minimum absolute atomic E-state index is 0.234. The van der Waals surface area contributed by atoms with Gasteiger partial charge in [0, 0.05) is 21.3 Å². The Morgan fingerprint density at radius 3 is 2.12 bits per heavy atom. The van der Waals surface area contributed by atoms with E-state index < -0.39 is 11.8 Å². The summed E-state index contributed by atoms with van der Waals surface area (Å²) in [5.41, 5.74) is 6.00. The van der Waals surface area contributed by atoms with Crippen LogP contribution < -0.4 is 15.5 Å². The van der Waals surface area contributed by atoms with Crippen LogP contribution in [0.5, 0.6) is 5.75 Å². The second kappa shape index (κ2) is 10.8. The van der Waals surface area contributed by atoms with Gasteiger partial charge in [0.05, 0.1) is 6.21 Å². The van der Waals surface area contributed by atoms with Crippen LogP contribution in [0.15, 0.2) is 65.8 Å². The van der Waals surface area contributed by atoms with E-state index in [1.165, 1.54) is 6.21 Å². The van der Waals surface area contributed by atoms with Crippen molar-refractivity contribution in [2.45, 2.75) is 20.5 Å². The van der Waals surface area contributed by atoms with E-state index in [9.17, 15) is 9.59 Å². The van der Waals surface area contributed by atoms with Gasteiger partial charge in [0.25, 0.3) is 0 Å². The summed E-state index contributed by atoms with van der Waals surface area (Å²) in [4.78, 5) is 24.1. The van der Waals surface area contributed by atoms with E-state index >= 15 is 0 Å². The number of para-hydroxylation sites is 1. The molecule has 0 bridgehead atoms. The molecule has 2 amide bonds. The molecule has 0 aliphatic rings. The van der Waals surface area contributed by atoms with Crippen LogP contribution >= 0.6 is 23.2 Å². The molecule has 0 aromatic heterocycles. The van der Waals surface area contributed by atoms with E-state index in [1.807, 2.05) is 32.0 Å². The van der Waals surface area contributed by atoms with Crippen molar-refractivity contribution >= 4 is 46.9 Å². The Morgan fingerprint density at radius 1 is 0.906 bits per heavy atom. The lowest BCUT2D eigenvalue weighted by Crippen LogP contribution is -2.32. The van der Waals surface area contributed by atoms with E-state index in [0.717, 1.165) is 11.1 Å². The van der Waals surface area contributed by atoms with Crippen LogP contribution in [0, 0.1) is 13.8 Å². The summed E-state index contributed by atoms with van der Waals surface area (Å²) in [6.07, 6.45) is 1.43. The molecule has 0 saturated heterocycles. The van der Waals surface area contributed by atoms with Crippen molar-refractivity contribution in [1.82, 2.24) is 5.43 Å². The van der Waals surface area contributed by atoms with Gasteiger partial charge >= 0.3 is 11.8 Å². The van der Waals surface area contributed by atoms with Gasteiger partial charge < -0.3 is 10.1 Å². The number of nitrogens with zero attached hydrogens (tertiary/aromatic N) is 1. The fourth-order valence-corrected chi connectivity index (χ4v) is 3.38. The Morgan fingerprint density at radius 2 is 1.50 bits per heavy atom. The number of carbonyl (C=O) groups excluding carboxylic acids is 2. The third kappa shape index (κ3) is 6.09. The summed E-state index contributed by atoms with van der Waals surface area (Å²) >= 11 is 12.3. The molecular formula is C24H21Cl2N3O3. The van der Waals surface area contributed by atoms with E-state index in [1.54, 1.807) is 42.5 Å². The smallest absolute Gasteiger partial charge is 0.329 e. The molecule has 0 fully saturated rings. The highest BCUT2D eigenvalue weighted by Crippen LogP contribution is 2.26. The monoisotopic (exact) mass is 469 g/mol. The summed E-state index contributed by atoms with van der Waals surface area (Å²) in [5.74, 6) is -1.03. The third-order valence-electron chi connectivity index (χ3n) is 4.63. The van der Waals surface area contributed by atoms with Crippen LogP contribution in [0.2, 0.25) is 10.0 Å². The molecule has 0 radical (unpaired) electrons. The molecule has 8 heteroatoms. The molecule has 3 aromatic rings. The number of anilines is 1. The highest BCUT2D eigenvalue weighted by atomic mass is 35.5. The molecule has 2 N–H and O–H groups in total. The van der Waals surface area contributed by atoms with E-state index in [4.69, 9.17) is 27.9 Å². The first-order chi connectivity index (χ1) is 15.3. The zero-order valence-corrected chi connectivity index (χ0v) is 19.0. The normalized spacial score (nSPS) is 10.8. The lowest BCUT2D eigenvalue weighted by atomic mass is 10.1. The number of nitrogens with one attached hydrogen (secondary N) is 2. The zero-order chi connectivity index (χ0) is 23.1. The number of hydrogen-bond acceptors (Lipinski definition) is 4. The number of amides is 2. The number of benzene rings is 3. The van der Waals surface area contributed by atoms with Crippen LogP contribution in [0.4, 0.5) is 5.69 Å². The van der Waals surface area contributed by atoms with E-state index in [0.29, 0.717) is 32.6 Å². The Balaban J connectivity index is 1.52. The van der Waals surface area contributed by atoms with Crippen molar-refractivity contribution in [2.24, 2.45) is 5.10 Å². The number of carbonyl (C=O) groups is 2. The minimum Gasteiger partial charge on any atom is -0.489 e. The summed E-state index contributed by atoms with van der Waals surface area (Å²) in [7, 11) is 0. The van der Waals surface area contributed by atoms with Gasteiger partial charge in [-0.15, -0.1) is 0 Å². The summed E-state index contributed by atoms with van der Waals surface area (Å²) < 4.78 is 5.72. The van der Waals surface area contributed by atoms with E-state index in [2.05, 4.69) is 15.8 Å². The van der Waals surface area contributed by atoms with Crippen molar-refractivity contribution in [2.75, 3.05) is 5.32 Å². The predicted octanol–water partition coefficient (Wildman–Crippen LogP) is 5.28. The maximum absolute atomic E-state index is 12.1. The highest BCUT2D eigenvalue weighted by Gasteiger charge is 2.15. The minimum atomic E-state index is -0.861. The fraction of sp³-hybridized carbons (Fsp3) is 0.125. The molecule has 0 spiro atoms. The van der Waals surface area contributed by atoms with Gasteiger partial charge in [-0.3, -0.25) is 9.59 Å². The number of hydrazone groups is 1. The van der Waals surface area contributed by atoms with Crippen molar-refractivity contribution in [1.29, 1.82) is 0 Å². The topological polar surface area (TPSA) is 79.8 Å². The molecule has 6 nitrogen and oxygen atoms in total. The predicted molar refractivity (Wildman–Crippen MR) is 128 cm³/mol. The third-order valence-corrected chi connectivity index (χ3v) is 5.34. The molecule has 0 aliphatic heterocycles. The Labute approximate surface area is 196 Å². The molecule has 3 rings (SSSR count). The van der Waals surface area contributed by atoms with Crippen LogP contribution in [-0.2, 0) is 16.2 Å². The largest absolute Gasteiger partial charge is 0.489 e. The molecular weight excluding hydrogens is 449 g/mol. The van der Waals surface area contributed by atoms with Crippen molar-refractivity contribution in [3.05, 3.63) is 93.0 Å². The molecule has 0 aliphatic carbocycles. The van der Waals surface area contributed by atoms with Crippen molar-refractivity contribution in [3.8, 4) is 5.75 Å². The number of rotatable bonds is 6. The second-order valence-electron chi connectivity index (χ2n) is 6.98. The van der Waals surface area contributed by atoms with Crippen LogP contribution in [0.3, 0.4) is 0 Å². The highest BCUT2D eigenvalue weighted by molar-refractivity contribution is 6.39. The van der Waals surface area contributed by atoms with Crippen molar-refractivity contribution in [3.63, 3.8) is 0 Å². The first-order valence-corrected chi connectivity index (χ1v) is 10.5. The van der Waals surface area contributed by atoms with Crippen molar-refractivity contribution < 1.29 is 14.3 Å². The average Bonchev–Trinajstić information content (AvgIpc) is 2.77. The molecule has 0 unspecified atom stereocenters. The second-order valence-corrected chi connectivity index (χ2v) is 7.79. The summed E-state index contributed by atoms with van der Waals surface area (Å²) in [5, 5.41) is 7.52. The number of halogens is 2. The number of hydrogen-bond donors (Lipinski definition) is 2. The average molecular weight is 470 g/mol. The lowest BCUT2D eigenvalue weighted by molar-refractivity contribution is -0.136. The lowest BCUT2D eigenvalue weighted by Gasteiger charge is -2.10. The summed E-state index contributed by atoms with van der Waals surface area (Å²) in [6.45, 7) is 3.95. The van der Waals surface area contributed by atoms with Crippen LogP contribution in [0.1, 0.15) is 22.3 Å². The number of ether oxygens (including phenoxy) is 1.